The van der Waals surface area contributed by atoms with Crippen LogP contribution in [0.2, 0.25) is 0 Å². The fourth-order valence-electron chi connectivity index (χ4n) is 3.01. The minimum atomic E-state index is -0.230. The van der Waals surface area contributed by atoms with Crippen LogP contribution in [0, 0.1) is 5.82 Å². The molecule has 2 N–H and O–H groups in total. The Hall–Kier alpha value is -1.87. The fourth-order valence-corrected chi connectivity index (χ4v) is 3.01. The van der Waals surface area contributed by atoms with Crippen LogP contribution in [0.4, 0.5) is 10.1 Å². The molecule has 1 aliphatic heterocycles. The predicted octanol–water partition coefficient (Wildman–Crippen LogP) is 3.15. The summed E-state index contributed by atoms with van der Waals surface area (Å²) in [5, 5.41) is 6.56. The molecule has 2 aromatic carbocycles. The third-order valence-electron chi connectivity index (χ3n) is 4.36. The molecular formula is C20H26FIN4O. The normalized spacial score (nSPS) is 14.4. The lowest BCUT2D eigenvalue weighted by Gasteiger charge is -2.30. The summed E-state index contributed by atoms with van der Waals surface area (Å²) in [4.78, 5) is 6.60. The number of rotatable bonds is 5. The van der Waals surface area contributed by atoms with Gasteiger partial charge in [0.2, 0.25) is 0 Å². The average molecular weight is 484 g/mol. The molecular weight excluding hydrogens is 458 g/mol. The quantitative estimate of drug-likeness (QED) is 0.389. The second-order valence-electron chi connectivity index (χ2n) is 6.14. The molecule has 0 unspecified atom stereocenters. The molecule has 1 heterocycles. The van der Waals surface area contributed by atoms with Crippen LogP contribution in [0.25, 0.3) is 0 Å². The van der Waals surface area contributed by atoms with Crippen LogP contribution in [0.3, 0.4) is 0 Å². The number of guanidine groups is 1. The van der Waals surface area contributed by atoms with Gasteiger partial charge < -0.3 is 20.3 Å². The summed E-state index contributed by atoms with van der Waals surface area (Å²) in [6.45, 7) is 4.52. The second kappa shape index (κ2) is 11.1. The van der Waals surface area contributed by atoms with E-state index in [0.29, 0.717) is 19.0 Å². The highest BCUT2D eigenvalue weighted by molar-refractivity contribution is 14.0. The van der Waals surface area contributed by atoms with Crippen LogP contribution in [-0.4, -0.2) is 39.3 Å². The van der Waals surface area contributed by atoms with Crippen molar-refractivity contribution in [3.8, 4) is 0 Å². The molecule has 1 fully saturated rings. The topological polar surface area (TPSA) is 48.9 Å². The van der Waals surface area contributed by atoms with Gasteiger partial charge in [-0.2, -0.15) is 0 Å². The number of ether oxygens (including phenoxy) is 1. The van der Waals surface area contributed by atoms with E-state index in [4.69, 9.17) is 4.74 Å². The molecule has 2 aromatic rings. The number of hydrogen-bond donors (Lipinski definition) is 2. The van der Waals surface area contributed by atoms with Crippen LogP contribution >= 0.6 is 24.0 Å². The van der Waals surface area contributed by atoms with Crippen molar-refractivity contribution in [2.75, 3.05) is 38.3 Å². The summed E-state index contributed by atoms with van der Waals surface area (Å²) in [6.07, 6.45) is 0. The first-order valence-corrected chi connectivity index (χ1v) is 8.86. The smallest absolute Gasteiger partial charge is 0.191 e. The standard InChI is InChI=1S/C20H25FN4O.HI/c1-22-20(23-14-16-5-4-7-18(21)13-16)24-15-17-6-2-3-8-19(17)25-9-11-26-12-10-25;/h2-8,13H,9-12,14-15H2,1H3,(H2,22,23,24);1H. The molecule has 7 heteroatoms. The van der Waals surface area contributed by atoms with Gasteiger partial charge in [-0.3, -0.25) is 4.99 Å². The Kier molecular flexibility index (Phi) is 8.80. The zero-order chi connectivity index (χ0) is 18.2. The molecule has 0 aromatic heterocycles. The Morgan fingerprint density at radius 2 is 1.81 bits per heavy atom. The molecule has 1 saturated heterocycles. The van der Waals surface area contributed by atoms with E-state index in [9.17, 15) is 4.39 Å². The zero-order valence-corrected chi connectivity index (χ0v) is 17.8. The number of benzene rings is 2. The summed E-state index contributed by atoms with van der Waals surface area (Å²) in [6, 6.07) is 14.9. The van der Waals surface area contributed by atoms with Gasteiger partial charge >= 0.3 is 0 Å². The maximum absolute atomic E-state index is 13.3. The number of nitrogens with one attached hydrogen (secondary N) is 2. The maximum Gasteiger partial charge on any atom is 0.191 e. The van der Waals surface area contributed by atoms with E-state index < -0.39 is 0 Å². The molecule has 0 bridgehead atoms. The Labute approximate surface area is 177 Å². The second-order valence-corrected chi connectivity index (χ2v) is 6.14. The molecule has 0 radical (unpaired) electrons. The van der Waals surface area contributed by atoms with Gasteiger partial charge in [0.25, 0.3) is 0 Å². The largest absolute Gasteiger partial charge is 0.378 e. The highest BCUT2D eigenvalue weighted by atomic mass is 127. The summed E-state index contributed by atoms with van der Waals surface area (Å²) in [5.41, 5.74) is 3.31. The summed E-state index contributed by atoms with van der Waals surface area (Å²) in [5.74, 6) is 0.456. The van der Waals surface area contributed by atoms with E-state index in [1.807, 2.05) is 12.1 Å². The summed E-state index contributed by atoms with van der Waals surface area (Å²) < 4.78 is 18.7. The SMILES string of the molecule is CN=C(NCc1cccc(F)c1)NCc1ccccc1N1CCOCC1.I. The van der Waals surface area contributed by atoms with Crippen LogP contribution in [0.15, 0.2) is 53.5 Å². The third-order valence-corrected chi connectivity index (χ3v) is 4.36. The van der Waals surface area contributed by atoms with Crippen LogP contribution < -0.4 is 15.5 Å². The van der Waals surface area contributed by atoms with Crippen molar-refractivity contribution in [2.24, 2.45) is 4.99 Å². The molecule has 0 aliphatic carbocycles. The molecule has 27 heavy (non-hydrogen) atoms. The van der Waals surface area contributed by atoms with Crippen molar-refractivity contribution in [2.45, 2.75) is 13.1 Å². The van der Waals surface area contributed by atoms with Crippen molar-refractivity contribution in [1.29, 1.82) is 0 Å². The number of nitrogens with zero attached hydrogens (tertiary/aromatic N) is 2. The molecule has 0 saturated carbocycles. The lowest BCUT2D eigenvalue weighted by atomic mass is 10.1. The summed E-state index contributed by atoms with van der Waals surface area (Å²) in [7, 11) is 1.73. The van der Waals surface area contributed by atoms with Crippen molar-refractivity contribution >= 4 is 35.6 Å². The lowest BCUT2D eigenvalue weighted by Crippen LogP contribution is -2.39. The number of hydrogen-bond acceptors (Lipinski definition) is 3. The van der Waals surface area contributed by atoms with E-state index >= 15 is 0 Å². The highest BCUT2D eigenvalue weighted by Crippen LogP contribution is 2.21. The van der Waals surface area contributed by atoms with E-state index in [1.165, 1.54) is 23.4 Å². The summed E-state index contributed by atoms with van der Waals surface area (Å²) >= 11 is 0. The van der Waals surface area contributed by atoms with Crippen molar-refractivity contribution in [3.05, 3.63) is 65.5 Å². The van der Waals surface area contributed by atoms with Gasteiger partial charge in [0.05, 0.1) is 13.2 Å². The van der Waals surface area contributed by atoms with Gasteiger partial charge in [0.1, 0.15) is 5.82 Å². The van der Waals surface area contributed by atoms with Gasteiger partial charge in [-0.25, -0.2) is 4.39 Å². The number of para-hydroxylation sites is 1. The van der Waals surface area contributed by atoms with Gasteiger partial charge in [0, 0.05) is 38.9 Å². The monoisotopic (exact) mass is 484 g/mol. The van der Waals surface area contributed by atoms with Crippen LogP contribution in [-0.2, 0) is 17.8 Å². The fraction of sp³-hybridized carbons (Fsp3) is 0.350. The van der Waals surface area contributed by atoms with Crippen molar-refractivity contribution in [3.63, 3.8) is 0 Å². The van der Waals surface area contributed by atoms with E-state index in [-0.39, 0.29) is 29.8 Å². The molecule has 5 nitrogen and oxygen atoms in total. The lowest BCUT2D eigenvalue weighted by molar-refractivity contribution is 0.122. The number of morpholine rings is 1. The number of aliphatic imine (C=N–C) groups is 1. The maximum atomic E-state index is 13.3. The minimum absolute atomic E-state index is 0. The van der Waals surface area contributed by atoms with Crippen LogP contribution in [0.1, 0.15) is 11.1 Å². The molecule has 0 amide bonds. The Morgan fingerprint density at radius 3 is 2.56 bits per heavy atom. The highest BCUT2D eigenvalue weighted by Gasteiger charge is 2.14. The first-order valence-electron chi connectivity index (χ1n) is 8.86. The molecule has 0 spiro atoms. The van der Waals surface area contributed by atoms with Crippen LogP contribution in [0.5, 0.6) is 0 Å². The minimum Gasteiger partial charge on any atom is -0.378 e. The first-order chi connectivity index (χ1) is 12.8. The molecule has 3 rings (SSSR count). The van der Waals surface area contributed by atoms with Crippen molar-refractivity contribution < 1.29 is 9.13 Å². The van der Waals surface area contributed by atoms with E-state index in [1.54, 1.807) is 13.1 Å². The number of halogens is 2. The Morgan fingerprint density at radius 1 is 1.07 bits per heavy atom. The predicted molar refractivity (Wildman–Crippen MR) is 118 cm³/mol. The Balaban J connectivity index is 0.00000261. The van der Waals surface area contributed by atoms with E-state index in [0.717, 1.165) is 31.9 Å². The molecule has 0 atom stereocenters. The Bertz CT molecular complexity index is 750. The van der Waals surface area contributed by atoms with Crippen molar-refractivity contribution in [1.82, 2.24) is 10.6 Å². The van der Waals surface area contributed by atoms with E-state index in [2.05, 4.69) is 38.7 Å². The van der Waals surface area contributed by atoms with Gasteiger partial charge in [-0.05, 0) is 29.3 Å². The first kappa shape index (κ1) is 21.4. The zero-order valence-electron chi connectivity index (χ0n) is 15.5. The van der Waals surface area contributed by atoms with Gasteiger partial charge in [-0.1, -0.05) is 30.3 Å². The van der Waals surface area contributed by atoms with Gasteiger partial charge in [-0.15, -0.1) is 24.0 Å². The number of anilines is 1. The third kappa shape index (κ3) is 6.35. The van der Waals surface area contributed by atoms with Gasteiger partial charge in [0.15, 0.2) is 5.96 Å². The molecule has 146 valence electrons. The average Bonchev–Trinajstić information content (AvgIpc) is 2.69. The molecule has 1 aliphatic rings.